The zero-order valence-corrected chi connectivity index (χ0v) is 10.9. The Kier molecular flexibility index (Phi) is 3.16. The Morgan fingerprint density at radius 1 is 1.42 bits per heavy atom. The molecule has 2 aromatic rings. The molecule has 1 aromatic carbocycles. The van der Waals surface area contributed by atoms with E-state index in [9.17, 15) is 0 Å². The molecule has 0 bridgehead atoms. The van der Waals surface area contributed by atoms with E-state index < -0.39 is 0 Å². The Morgan fingerprint density at radius 3 is 3.11 bits per heavy atom. The summed E-state index contributed by atoms with van der Waals surface area (Å²) < 4.78 is 7.37. The first kappa shape index (κ1) is 12.1. The summed E-state index contributed by atoms with van der Waals surface area (Å²) in [6.07, 6.45) is 2.08. The van der Waals surface area contributed by atoms with Crippen LogP contribution in [-0.4, -0.2) is 33.4 Å². The molecule has 1 saturated heterocycles. The Balaban J connectivity index is 2.01. The Labute approximate surface area is 111 Å². The highest BCUT2D eigenvalue weighted by Gasteiger charge is 2.22. The molecule has 1 aromatic heterocycles. The number of aromatic nitrogens is 4. The van der Waals surface area contributed by atoms with Crippen LogP contribution in [0.15, 0.2) is 18.2 Å². The summed E-state index contributed by atoms with van der Waals surface area (Å²) in [5.41, 5.74) is 8.70. The molecule has 19 heavy (non-hydrogen) atoms. The van der Waals surface area contributed by atoms with Crippen LogP contribution in [-0.2, 0) is 4.74 Å². The van der Waals surface area contributed by atoms with E-state index in [0.717, 1.165) is 42.1 Å². The van der Waals surface area contributed by atoms with Gasteiger partial charge in [0, 0.05) is 17.9 Å². The molecule has 2 N–H and O–H groups in total. The van der Waals surface area contributed by atoms with E-state index in [4.69, 9.17) is 10.5 Å². The molecule has 1 atom stereocenters. The molecular formula is C13H17N5O. The van der Waals surface area contributed by atoms with E-state index in [1.54, 1.807) is 0 Å². The van der Waals surface area contributed by atoms with Crippen molar-refractivity contribution in [2.45, 2.75) is 25.8 Å². The number of rotatable bonds is 2. The van der Waals surface area contributed by atoms with Crippen molar-refractivity contribution >= 4 is 5.69 Å². The molecule has 6 heteroatoms. The SMILES string of the molecule is Cc1c(N)cccc1-c1nnnn1C1CCCOC1. The van der Waals surface area contributed by atoms with Gasteiger partial charge < -0.3 is 10.5 Å². The number of nitrogen functional groups attached to an aromatic ring is 1. The van der Waals surface area contributed by atoms with Crippen molar-refractivity contribution in [1.29, 1.82) is 0 Å². The van der Waals surface area contributed by atoms with Gasteiger partial charge in [-0.3, -0.25) is 0 Å². The third kappa shape index (κ3) is 2.19. The van der Waals surface area contributed by atoms with Crippen LogP contribution in [0.25, 0.3) is 11.4 Å². The number of ether oxygens (including phenoxy) is 1. The van der Waals surface area contributed by atoms with Crippen LogP contribution >= 0.6 is 0 Å². The lowest BCUT2D eigenvalue weighted by Gasteiger charge is -2.23. The molecule has 3 rings (SSSR count). The fourth-order valence-corrected chi connectivity index (χ4v) is 2.43. The monoisotopic (exact) mass is 259 g/mol. The van der Waals surface area contributed by atoms with Gasteiger partial charge in [-0.15, -0.1) is 5.10 Å². The lowest BCUT2D eigenvalue weighted by atomic mass is 10.1. The molecular weight excluding hydrogens is 242 g/mol. The van der Waals surface area contributed by atoms with Gasteiger partial charge in [0.2, 0.25) is 0 Å². The van der Waals surface area contributed by atoms with E-state index in [1.165, 1.54) is 0 Å². The van der Waals surface area contributed by atoms with E-state index in [2.05, 4.69) is 15.5 Å². The van der Waals surface area contributed by atoms with Crippen LogP contribution in [0, 0.1) is 6.92 Å². The molecule has 1 aliphatic heterocycles. The highest BCUT2D eigenvalue weighted by Crippen LogP contribution is 2.28. The zero-order chi connectivity index (χ0) is 13.2. The van der Waals surface area contributed by atoms with Crippen molar-refractivity contribution in [3.05, 3.63) is 23.8 Å². The number of hydrogen-bond donors (Lipinski definition) is 1. The van der Waals surface area contributed by atoms with Crippen LogP contribution in [0.3, 0.4) is 0 Å². The van der Waals surface area contributed by atoms with Gasteiger partial charge in [0.25, 0.3) is 0 Å². The molecule has 0 saturated carbocycles. The highest BCUT2D eigenvalue weighted by molar-refractivity contribution is 5.67. The lowest BCUT2D eigenvalue weighted by molar-refractivity contribution is 0.0548. The van der Waals surface area contributed by atoms with Gasteiger partial charge in [-0.1, -0.05) is 12.1 Å². The van der Waals surface area contributed by atoms with Gasteiger partial charge in [0.15, 0.2) is 5.82 Å². The molecule has 1 aliphatic rings. The highest BCUT2D eigenvalue weighted by atomic mass is 16.5. The minimum atomic E-state index is 0.208. The van der Waals surface area contributed by atoms with E-state index in [-0.39, 0.29) is 6.04 Å². The van der Waals surface area contributed by atoms with Gasteiger partial charge in [-0.05, 0) is 41.8 Å². The summed E-state index contributed by atoms with van der Waals surface area (Å²) in [5, 5.41) is 12.1. The summed E-state index contributed by atoms with van der Waals surface area (Å²) in [6.45, 7) is 3.48. The first-order valence-corrected chi connectivity index (χ1v) is 6.48. The van der Waals surface area contributed by atoms with Crippen molar-refractivity contribution < 1.29 is 4.74 Å². The smallest absolute Gasteiger partial charge is 0.182 e. The average Bonchev–Trinajstić information content (AvgIpc) is 2.92. The van der Waals surface area contributed by atoms with E-state index in [0.29, 0.717) is 6.61 Å². The third-order valence-electron chi connectivity index (χ3n) is 3.59. The number of benzene rings is 1. The maximum atomic E-state index is 5.95. The molecule has 1 fully saturated rings. The molecule has 0 spiro atoms. The second-order valence-corrected chi connectivity index (χ2v) is 4.84. The van der Waals surface area contributed by atoms with Crippen LogP contribution in [0.1, 0.15) is 24.4 Å². The summed E-state index contributed by atoms with van der Waals surface area (Å²) in [7, 11) is 0. The first-order valence-electron chi connectivity index (χ1n) is 6.48. The van der Waals surface area contributed by atoms with Crippen LogP contribution in [0.2, 0.25) is 0 Å². The summed E-state index contributed by atoms with van der Waals surface area (Å²) in [4.78, 5) is 0. The minimum Gasteiger partial charge on any atom is -0.398 e. The second kappa shape index (κ2) is 4.97. The molecule has 0 amide bonds. The van der Waals surface area contributed by atoms with Crippen molar-refractivity contribution in [3.63, 3.8) is 0 Å². The standard InChI is InChI=1S/C13H17N5O/c1-9-11(5-2-6-12(9)14)13-15-16-17-18(13)10-4-3-7-19-8-10/h2,5-6,10H,3-4,7-8,14H2,1H3. The normalized spacial score (nSPS) is 19.5. The van der Waals surface area contributed by atoms with Crippen LogP contribution in [0.5, 0.6) is 0 Å². The maximum absolute atomic E-state index is 5.95. The Hall–Kier alpha value is -1.95. The third-order valence-corrected chi connectivity index (χ3v) is 3.59. The molecule has 0 radical (unpaired) electrons. The van der Waals surface area contributed by atoms with Crippen molar-refractivity contribution in [2.24, 2.45) is 0 Å². The Morgan fingerprint density at radius 2 is 2.32 bits per heavy atom. The molecule has 6 nitrogen and oxygen atoms in total. The number of anilines is 1. The number of nitrogens with zero attached hydrogens (tertiary/aromatic N) is 4. The average molecular weight is 259 g/mol. The topological polar surface area (TPSA) is 78.9 Å². The summed E-state index contributed by atoms with van der Waals surface area (Å²) in [5.74, 6) is 0.764. The van der Waals surface area contributed by atoms with E-state index >= 15 is 0 Å². The van der Waals surface area contributed by atoms with Crippen molar-refractivity contribution in [3.8, 4) is 11.4 Å². The molecule has 1 unspecified atom stereocenters. The summed E-state index contributed by atoms with van der Waals surface area (Å²) >= 11 is 0. The van der Waals surface area contributed by atoms with Crippen LogP contribution in [0.4, 0.5) is 5.69 Å². The number of tetrazole rings is 1. The van der Waals surface area contributed by atoms with Gasteiger partial charge in [-0.2, -0.15) is 0 Å². The second-order valence-electron chi connectivity index (χ2n) is 4.84. The van der Waals surface area contributed by atoms with Crippen molar-refractivity contribution in [1.82, 2.24) is 20.2 Å². The first-order chi connectivity index (χ1) is 9.27. The fraction of sp³-hybridized carbons (Fsp3) is 0.462. The summed E-state index contributed by atoms with van der Waals surface area (Å²) in [6, 6.07) is 6.02. The predicted molar refractivity (Wildman–Crippen MR) is 71.5 cm³/mol. The largest absolute Gasteiger partial charge is 0.398 e. The van der Waals surface area contributed by atoms with Crippen molar-refractivity contribution in [2.75, 3.05) is 18.9 Å². The lowest BCUT2D eigenvalue weighted by Crippen LogP contribution is -2.23. The zero-order valence-electron chi connectivity index (χ0n) is 10.9. The van der Waals surface area contributed by atoms with E-state index in [1.807, 2.05) is 29.8 Å². The fourth-order valence-electron chi connectivity index (χ4n) is 2.43. The van der Waals surface area contributed by atoms with Gasteiger partial charge in [0.1, 0.15) is 0 Å². The van der Waals surface area contributed by atoms with Crippen LogP contribution < -0.4 is 5.73 Å². The Bertz CT molecular complexity index is 574. The number of nitrogens with two attached hydrogens (primary N) is 1. The molecule has 100 valence electrons. The molecule has 2 heterocycles. The van der Waals surface area contributed by atoms with Gasteiger partial charge in [0.05, 0.1) is 12.6 Å². The van der Waals surface area contributed by atoms with Gasteiger partial charge >= 0.3 is 0 Å². The number of hydrogen-bond acceptors (Lipinski definition) is 5. The predicted octanol–water partition coefficient (Wildman–Crippen LogP) is 1.58. The van der Waals surface area contributed by atoms with Gasteiger partial charge in [-0.25, -0.2) is 4.68 Å². The maximum Gasteiger partial charge on any atom is 0.182 e. The minimum absolute atomic E-state index is 0.208. The molecule has 0 aliphatic carbocycles. The quantitative estimate of drug-likeness (QED) is 0.828.